The van der Waals surface area contributed by atoms with Crippen molar-refractivity contribution < 1.29 is 8.42 Å². The van der Waals surface area contributed by atoms with E-state index in [0.717, 1.165) is 16.7 Å². The highest BCUT2D eigenvalue weighted by molar-refractivity contribution is 7.92. The number of hydrogen-bond acceptors (Lipinski definition) is 3. The monoisotopic (exact) mass is 269 g/mol. The van der Waals surface area contributed by atoms with Crippen LogP contribution in [-0.4, -0.2) is 19.7 Å². The van der Waals surface area contributed by atoms with Gasteiger partial charge in [0.05, 0.1) is 9.64 Å². The first kappa shape index (κ1) is 15.2. The number of sulfone groups is 1. The number of nitrogens with two attached hydrogens (primary N) is 1. The Morgan fingerprint density at radius 1 is 1.11 bits per heavy atom. The third-order valence-electron chi connectivity index (χ3n) is 3.35. The smallest absolute Gasteiger partial charge is 0.184 e. The molecule has 0 amide bonds. The molecule has 0 aliphatic carbocycles. The SMILES string of the molecule is Cc1cc(C)c(S(=O)(=O)C(C)(C)CCN)c(C)c1. The molecule has 0 atom stereocenters. The zero-order chi connectivity index (χ0) is 14.1. The molecule has 4 heteroatoms. The quantitative estimate of drug-likeness (QED) is 0.913. The van der Waals surface area contributed by atoms with Gasteiger partial charge in [-0.05, 0) is 58.7 Å². The molecule has 18 heavy (non-hydrogen) atoms. The van der Waals surface area contributed by atoms with Gasteiger partial charge in [-0.2, -0.15) is 0 Å². The van der Waals surface area contributed by atoms with Crippen molar-refractivity contribution in [3.8, 4) is 0 Å². The van der Waals surface area contributed by atoms with Crippen LogP contribution >= 0.6 is 0 Å². The van der Waals surface area contributed by atoms with E-state index in [4.69, 9.17) is 5.73 Å². The number of hydrogen-bond donors (Lipinski definition) is 1. The molecule has 0 fully saturated rings. The van der Waals surface area contributed by atoms with Crippen LogP contribution < -0.4 is 5.73 Å². The maximum absolute atomic E-state index is 12.7. The molecule has 2 N–H and O–H groups in total. The Bertz CT molecular complexity index is 522. The minimum Gasteiger partial charge on any atom is -0.330 e. The predicted octanol–water partition coefficient (Wildman–Crippen LogP) is 2.51. The molecule has 0 radical (unpaired) electrons. The fourth-order valence-corrected chi connectivity index (χ4v) is 4.25. The third-order valence-corrected chi connectivity index (χ3v) is 6.19. The molecule has 3 nitrogen and oxygen atoms in total. The molecule has 0 spiro atoms. The largest absolute Gasteiger partial charge is 0.330 e. The van der Waals surface area contributed by atoms with Gasteiger partial charge < -0.3 is 5.73 Å². The Balaban J connectivity index is 3.47. The Morgan fingerprint density at radius 3 is 1.94 bits per heavy atom. The average molecular weight is 269 g/mol. The molecule has 0 aliphatic rings. The van der Waals surface area contributed by atoms with E-state index >= 15 is 0 Å². The van der Waals surface area contributed by atoms with Crippen molar-refractivity contribution in [3.05, 3.63) is 28.8 Å². The summed E-state index contributed by atoms with van der Waals surface area (Å²) in [7, 11) is -3.36. The van der Waals surface area contributed by atoms with E-state index in [1.165, 1.54) is 0 Å². The molecule has 0 unspecified atom stereocenters. The first-order valence-corrected chi connectivity index (χ1v) is 7.64. The van der Waals surface area contributed by atoms with Crippen LogP contribution in [0.25, 0.3) is 0 Å². The highest BCUT2D eigenvalue weighted by atomic mass is 32.2. The van der Waals surface area contributed by atoms with E-state index in [1.54, 1.807) is 13.8 Å². The van der Waals surface area contributed by atoms with Crippen LogP contribution in [0.5, 0.6) is 0 Å². The van der Waals surface area contributed by atoms with E-state index in [1.807, 2.05) is 32.9 Å². The van der Waals surface area contributed by atoms with Crippen molar-refractivity contribution in [2.45, 2.75) is 50.7 Å². The molecular weight excluding hydrogens is 246 g/mol. The Labute approximate surface area is 110 Å². The lowest BCUT2D eigenvalue weighted by atomic mass is 10.1. The van der Waals surface area contributed by atoms with Gasteiger partial charge in [0.15, 0.2) is 9.84 Å². The molecule has 0 aliphatic heterocycles. The van der Waals surface area contributed by atoms with Gasteiger partial charge in [-0.1, -0.05) is 17.7 Å². The Morgan fingerprint density at radius 2 is 1.56 bits per heavy atom. The van der Waals surface area contributed by atoms with Crippen LogP contribution in [-0.2, 0) is 9.84 Å². The zero-order valence-corrected chi connectivity index (χ0v) is 12.7. The van der Waals surface area contributed by atoms with Crippen molar-refractivity contribution in [2.24, 2.45) is 5.73 Å². The second kappa shape index (κ2) is 5.02. The molecule has 1 aromatic carbocycles. The summed E-state index contributed by atoms with van der Waals surface area (Å²) in [5.74, 6) is 0. The average Bonchev–Trinajstić information content (AvgIpc) is 2.14. The number of aryl methyl sites for hydroxylation is 3. The Kier molecular flexibility index (Phi) is 4.23. The summed E-state index contributed by atoms with van der Waals surface area (Å²) >= 11 is 0. The normalized spacial score (nSPS) is 12.8. The van der Waals surface area contributed by atoms with Gasteiger partial charge in [-0.3, -0.25) is 0 Å². The summed E-state index contributed by atoms with van der Waals surface area (Å²) in [4.78, 5) is 0.464. The fraction of sp³-hybridized carbons (Fsp3) is 0.571. The van der Waals surface area contributed by atoms with Gasteiger partial charge >= 0.3 is 0 Å². The van der Waals surface area contributed by atoms with Crippen molar-refractivity contribution in [2.75, 3.05) is 6.54 Å². The lowest BCUT2D eigenvalue weighted by Crippen LogP contribution is -2.35. The zero-order valence-electron chi connectivity index (χ0n) is 11.9. The molecule has 0 bridgehead atoms. The van der Waals surface area contributed by atoms with Crippen molar-refractivity contribution in [1.29, 1.82) is 0 Å². The second-order valence-electron chi connectivity index (χ2n) is 5.53. The second-order valence-corrected chi connectivity index (χ2v) is 8.05. The van der Waals surface area contributed by atoms with Gasteiger partial charge in [0.1, 0.15) is 0 Å². The van der Waals surface area contributed by atoms with Gasteiger partial charge in [-0.15, -0.1) is 0 Å². The lowest BCUT2D eigenvalue weighted by molar-refractivity contribution is 0.529. The van der Waals surface area contributed by atoms with Crippen LogP contribution in [0.1, 0.15) is 37.0 Å². The molecule has 0 saturated carbocycles. The van der Waals surface area contributed by atoms with E-state index in [9.17, 15) is 8.42 Å². The molecule has 1 aromatic rings. The predicted molar refractivity (Wildman–Crippen MR) is 75.6 cm³/mol. The molecular formula is C14H23NO2S. The van der Waals surface area contributed by atoms with Crippen LogP contribution in [0.4, 0.5) is 0 Å². The third kappa shape index (κ3) is 2.59. The highest BCUT2D eigenvalue weighted by Gasteiger charge is 2.36. The standard InChI is InChI=1S/C14H23NO2S/c1-10-8-11(2)13(12(3)9-10)18(16,17)14(4,5)6-7-15/h8-9H,6-7,15H2,1-5H3. The lowest BCUT2D eigenvalue weighted by Gasteiger charge is -2.26. The van der Waals surface area contributed by atoms with Crippen LogP contribution in [0, 0.1) is 20.8 Å². The van der Waals surface area contributed by atoms with E-state index in [0.29, 0.717) is 17.9 Å². The van der Waals surface area contributed by atoms with Gasteiger partial charge in [-0.25, -0.2) is 8.42 Å². The van der Waals surface area contributed by atoms with E-state index in [2.05, 4.69) is 0 Å². The topological polar surface area (TPSA) is 60.2 Å². The van der Waals surface area contributed by atoms with Crippen molar-refractivity contribution in [1.82, 2.24) is 0 Å². The maximum Gasteiger partial charge on any atom is 0.184 e. The minimum absolute atomic E-state index is 0.371. The van der Waals surface area contributed by atoms with Crippen LogP contribution in [0.3, 0.4) is 0 Å². The summed E-state index contributed by atoms with van der Waals surface area (Å²) in [6, 6.07) is 3.83. The van der Waals surface area contributed by atoms with Crippen molar-refractivity contribution in [3.63, 3.8) is 0 Å². The van der Waals surface area contributed by atoms with Gasteiger partial charge in [0.25, 0.3) is 0 Å². The minimum atomic E-state index is -3.36. The van der Waals surface area contributed by atoms with Gasteiger partial charge in [0.2, 0.25) is 0 Å². The van der Waals surface area contributed by atoms with Crippen molar-refractivity contribution >= 4 is 9.84 Å². The highest BCUT2D eigenvalue weighted by Crippen LogP contribution is 2.32. The van der Waals surface area contributed by atoms with Crippen LogP contribution in [0.2, 0.25) is 0 Å². The maximum atomic E-state index is 12.7. The first-order chi connectivity index (χ1) is 8.13. The van der Waals surface area contributed by atoms with E-state index < -0.39 is 14.6 Å². The molecule has 0 aromatic heterocycles. The first-order valence-electron chi connectivity index (χ1n) is 6.16. The Hall–Kier alpha value is -0.870. The summed E-state index contributed by atoms with van der Waals surface area (Å²) in [6.45, 7) is 9.54. The van der Waals surface area contributed by atoms with Crippen LogP contribution in [0.15, 0.2) is 17.0 Å². The van der Waals surface area contributed by atoms with E-state index in [-0.39, 0.29) is 0 Å². The molecule has 0 saturated heterocycles. The molecule has 102 valence electrons. The summed E-state index contributed by atoms with van der Waals surface area (Å²) in [5, 5.41) is 0. The fourth-order valence-electron chi connectivity index (χ4n) is 2.35. The number of benzene rings is 1. The van der Waals surface area contributed by atoms with Gasteiger partial charge in [0, 0.05) is 0 Å². The molecule has 1 rings (SSSR count). The number of rotatable bonds is 4. The molecule has 0 heterocycles. The summed E-state index contributed by atoms with van der Waals surface area (Å²) in [5.41, 5.74) is 8.24. The summed E-state index contributed by atoms with van der Waals surface area (Å²) in [6.07, 6.45) is 0.460. The summed E-state index contributed by atoms with van der Waals surface area (Å²) < 4.78 is 24.7.